The maximum atomic E-state index is 10.5. The topological polar surface area (TPSA) is 115 Å². The maximum Gasteiger partial charge on any atom is 0.348 e. The maximum absolute atomic E-state index is 10.5. The molecule has 0 saturated carbocycles. The number of hydrogen-bond acceptors (Lipinski definition) is 2. The summed E-state index contributed by atoms with van der Waals surface area (Å²) >= 11 is 0. The van der Waals surface area contributed by atoms with E-state index in [0.717, 1.165) is 25.1 Å². The second-order valence-corrected chi connectivity index (χ2v) is 6.56. The third kappa shape index (κ3) is 30.8. The molecule has 0 saturated heterocycles. The van der Waals surface area contributed by atoms with Crippen LogP contribution in [-0.2, 0) is 9.13 Å². The molecule has 0 heterocycles. The van der Waals surface area contributed by atoms with Crippen LogP contribution in [0.4, 0.5) is 0 Å². The molecule has 0 aliphatic carbocycles. The minimum atomic E-state index is -3.92. The summed E-state index contributed by atoms with van der Waals surface area (Å²) in [7, 11) is -7.05. The third-order valence-electron chi connectivity index (χ3n) is 2.52. The molecule has 6 nitrogen and oxygen atoms in total. The Bertz CT molecular complexity index is 296. The van der Waals surface area contributed by atoms with Crippen molar-refractivity contribution in [3.8, 4) is 0 Å². The zero-order valence-corrected chi connectivity index (χ0v) is 14.0. The van der Waals surface area contributed by atoms with Gasteiger partial charge in [0.05, 0.1) is 0 Å². The molecule has 0 radical (unpaired) electrons. The zero-order valence-electron chi connectivity index (χ0n) is 12.1. The Morgan fingerprint density at radius 1 is 0.950 bits per heavy atom. The molecule has 0 aliphatic heterocycles. The van der Waals surface area contributed by atoms with Gasteiger partial charge in [0.1, 0.15) is 0 Å². The predicted octanol–water partition coefficient (Wildman–Crippen LogP) is 3.57. The van der Waals surface area contributed by atoms with Crippen LogP contribution in [0.15, 0.2) is 11.9 Å². The summed E-state index contributed by atoms with van der Waals surface area (Å²) in [6, 6.07) is 0. The Kier molecular flexibility index (Phi) is 17.2. The average Bonchev–Trinajstić information content (AvgIpc) is 2.29. The smallest absolute Gasteiger partial charge is 0.326 e. The molecule has 4 N–H and O–H groups in total. The second kappa shape index (κ2) is 15.4. The number of rotatable bonds is 10. The van der Waals surface area contributed by atoms with Crippen molar-refractivity contribution in [1.29, 1.82) is 0 Å². The molecule has 0 spiro atoms. The second-order valence-electron chi connectivity index (χ2n) is 4.52. The van der Waals surface area contributed by atoms with E-state index < -0.39 is 15.9 Å². The van der Waals surface area contributed by atoms with Crippen LogP contribution in [0.25, 0.3) is 0 Å². The summed E-state index contributed by atoms with van der Waals surface area (Å²) in [6.45, 7) is 2.22. The Morgan fingerprint density at radius 2 is 1.35 bits per heavy atom. The molecule has 122 valence electrons. The van der Waals surface area contributed by atoms with E-state index in [1.165, 1.54) is 38.5 Å². The van der Waals surface area contributed by atoms with Gasteiger partial charge in [-0.2, -0.15) is 0 Å². The van der Waals surface area contributed by atoms with Crippen molar-refractivity contribution >= 4 is 15.9 Å². The van der Waals surface area contributed by atoms with Gasteiger partial charge in [-0.15, -0.1) is 0 Å². The Balaban J connectivity index is 0. The van der Waals surface area contributed by atoms with E-state index >= 15 is 0 Å². The zero-order chi connectivity index (χ0) is 15.9. The molecule has 0 rings (SSSR count). The third-order valence-corrected chi connectivity index (χ3v) is 3.12. The van der Waals surface area contributed by atoms with Gasteiger partial charge in [0, 0.05) is 5.82 Å². The first-order valence-corrected chi connectivity index (χ1v) is 9.93. The van der Waals surface area contributed by atoms with Crippen LogP contribution in [0.1, 0.15) is 64.7 Å². The standard InChI is InChI=1S/C12H25O3P.H3O3P/c1-2-3-4-5-6-7-8-9-10-11-12-16(13,14)15;1-4(2)3/h11-12H,2-10H2,1H3,(H2,13,14,15);4H,(H2,1,2,3)/b12-11+;. The van der Waals surface area contributed by atoms with Crippen LogP contribution in [0, 0.1) is 0 Å². The summed E-state index contributed by atoms with van der Waals surface area (Å²) in [6.07, 6.45) is 12.4. The van der Waals surface area contributed by atoms with Crippen molar-refractivity contribution in [2.45, 2.75) is 64.7 Å². The van der Waals surface area contributed by atoms with Crippen molar-refractivity contribution in [2.24, 2.45) is 0 Å². The van der Waals surface area contributed by atoms with Crippen LogP contribution in [0.2, 0.25) is 0 Å². The van der Waals surface area contributed by atoms with Gasteiger partial charge in [-0.25, -0.2) is 0 Å². The molecule has 0 aromatic carbocycles. The van der Waals surface area contributed by atoms with Gasteiger partial charge >= 0.3 is 15.9 Å². The van der Waals surface area contributed by atoms with Gasteiger partial charge in [0.25, 0.3) is 0 Å². The van der Waals surface area contributed by atoms with Crippen LogP contribution in [0.5, 0.6) is 0 Å². The molecule has 0 bridgehead atoms. The molecule has 20 heavy (non-hydrogen) atoms. The fourth-order valence-electron chi connectivity index (χ4n) is 1.61. The quantitative estimate of drug-likeness (QED) is 0.359. The molecule has 0 aromatic heterocycles. The van der Waals surface area contributed by atoms with Crippen molar-refractivity contribution in [2.75, 3.05) is 0 Å². The van der Waals surface area contributed by atoms with Crippen LogP contribution in [-0.4, -0.2) is 19.6 Å². The molecule has 0 fully saturated rings. The molecule has 0 amide bonds. The lowest BCUT2D eigenvalue weighted by atomic mass is 10.1. The summed E-state index contributed by atoms with van der Waals surface area (Å²) in [5, 5.41) is 0. The minimum Gasteiger partial charge on any atom is -0.326 e. The molecular formula is C12H28O6P2. The van der Waals surface area contributed by atoms with Crippen molar-refractivity contribution in [1.82, 2.24) is 0 Å². The molecule has 0 atom stereocenters. The predicted molar refractivity (Wildman–Crippen MR) is 81.9 cm³/mol. The number of unbranched alkanes of at least 4 members (excludes halogenated alkanes) is 8. The van der Waals surface area contributed by atoms with Gasteiger partial charge in [0.2, 0.25) is 0 Å². The Labute approximate surface area is 122 Å². The first-order chi connectivity index (χ1) is 9.29. The van der Waals surface area contributed by atoms with Gasteiger partial charge < -0.3 is 19.6 Å². The number of allylic oxidation sites excluding steroid dienone is 1. The fourth-order valence-corrected chi connectivity index (χ4v) is 2.03. The van der Waals surface area contributed by atoms with Crippen molar-refractivity contribution in [3.63, 3.8) is 0 Å². The van der Waals surface area contributed by atoms with E-state index in [4.69, 9.17) is 24.1 Å². The highest BCUT2D eigenvalue weighted by molar-refractivity contribution is 7.55. The minimum absolute atomic E-state index is 0.778. The fraction of sp³-hybridized carbons (Fsp3) is 0.833. The van der Waals surface area contributed by atoms with Gasteiger partial charge in [-0.3, -0.25) is 9.13 Å². The highest BCUT2D eigenvalue weighted by atomic mass is 31.2. The lowest BCUT2D eigenvalue weighted by molar-refractivity contribution is 0.385. The van der Waals surface area contributed by atoms with Gasteiger partial charge in [-0.05, 0) is 12.8 Å². The first-order valence-electron chi connectivity index (χ1n) is 6.94. The summed E-state index contributed by atoms with van der Waals surface area (Å²) < 4.78 is 19.2. The summed E-state index contributed by atoms with van der Waals surface area (Å²) in [5.41, 5.74) is 0. The molecular weight excluding hydrogens is 302 g/mol. The molecule has 0 aromatic rings. The largest absolute Gasteiger partial charge is 0.348 e. The molecule has 0 unspecified atom stereocenters. The number of hydrogen-bond donors (Lipinski definition) is 4. The lowest BCUT2D eigenvalue weighted by Crippen LogP contribution is -1.80. The first kappa shape index (κ1) is 22.3. The highest BCUT2D eigenvalue weighted by Crippen LogP contribution is 2.36. The monoisotopic (exact) mass is 330 g/mol. The SMILES string of the molecule is CCCCCCCCCC/C=C/P(=O)(O)O.O=[PH](O)O. The van der Waals surface area contributed by atoms with Crippen LogP contribution < -0.4 is 0 Å². The molecule has 8 heteroatoms. The highest BCUT2D eigenvalue weighted by Gasteiger charge is 2.03. The molecule has 0 aliphatic rings. The van der Waals surface area contributed by atoms with Crippen molar-refractivity contribution < 1.29 is 28.7 Å². The van der Waals surface area contributed by atoms with E-state index in [1.807, 2.05) is 0 Å². The Hall–Kier alpha value is 0.0400. The van der Waals surface area contributed by atoms with E-state index in [2.05, 4.69) is 6.92 Å². The van der Waals surface area contributed by atoms with E-state index in [0.29, 0.717) is 0 Å². The van der Waals surface area contributed by atoms with Crippen molar-refractivity contribution in [3.05, 3.63) is 11.9 Å². The van der Waals surface area contributed by atoms with E-state index in [1.54, 1.807) is 6.08 Å². The van der Waals surface area contributed by atoms with E-state index in [-0.39, 0.29) is 0 Å². The Morgan fingerprint density at radius 3 is 1.75 bits per heavy atom. The normalized spacial score (nSPS) is 11.7. The van der Waals surface area contributed by atoms with Gasteiger partial charge in [0.15, 0.2) is 0 Å². The van der Waals surface area contributed by atoms with Crippen LogP contribution >= 0.6 is 15.9 Å². The van der Waals surface area contributed by atoms with Gasteiger partial charge in [-0.1, -0.05) is 57.9 Å². The van der Waals surface area contributed by atoms with Crippen LogP contribution in [0.3, 0.4) is 0 Å². The van der Waals surface area contributed by atoms with E-state index in [9.17, 15) is 4.57 Å². The average molecular weight is 330 g/mol. The summed E-state index contributed by atoms with van der Waals surface area (Å²) in [5.74, 6) is 1.01. The lowest BCUT2D eigenvalue weighted by Gasteiger charge is -2.00. The summed E-state index contributed by atoms with van der Waals surface area (Å²) in [4.78, 5) is 31.4.